The molecular weight excluding hydrogens is 345 g/mol. The molecule has 0 bridgehead atoms. The van der Waals surface area contributed by atoms with Crippen molar-refractivity contribution in [1.82, 2.24) is 0 Å². The minimum Gasteiger partial charge on any atom is -0.307 e. The van der Waals surface area contributed by atoms with E-state index >= 15 is 0 Å². The molecule has 102 valence electrons. The van der Waals surface area contributed by atoms with Crippen LogP contribution in [-0.2, 0) is 17.8 Å². The molecule has 0 aliphatic carbocycles. The number of halogens is 3. The van der Waals surface area contributed by atoms with Crippen LogP contribution in [0.1, 0.15) is 11.1 Å². The van der Waals surface area contributed by atoms with Gasteiger partial charge < -0.3 is 4.90 Å². The monoisotopic (exact) mass is 353 g/mol. The first-order chi connectivity index (χ1) is 9.56. The van der Waals surface area contributed by atoms with E-state index in [0.717, 1.165) is 16.8 Å². The molecule has 0 fully saturated rings. The maximum absolute atomic E-state index is 13.5. The largest absolute Gasteiger partial charge is 0.307 e. The molecule has 1 heterocycles. The molecule has 0 saturated carbocycles. The predicted molar refractivity (Wildman–Crippen MR) is 80.4 cm³/mol. The molecule has 0 atom stereocenters. The number of anilines is 1. The summed E-state index contributed by atoms with van der Waals surface area (Å²) < 4.78 is 13.9. The maximum Gasteiger partial charge on any atom is 0.231 e. The average molecular weight is 355 g/mol. The van der Waals surface area contributed by atoms with Crippen molar-refractivity contribution in [2.75, 3.05) is 4.90 Å². The van der Waals surface area contributed by atoms with Crippen molar-refractivity contribution >= 4 is 39.1 Å². The number of hydrogen-bond donors (Lipinski definition) is 0. The standard InChI is InChI=1S/C15H10BrClFNO/c16-15-10(2-1-3-12(15)18)8-19-13-7-11(17)5-4-9(13)6-14(19)20/h1-5,7H,6,8H2. The van der Waals surface area contributed by atoms with E-state index in [2.05, 4.69) is 15.9 Å². The molecule has 2 nitrogen and oxygen atoms in total. The Morgan fingerprint density at radius 2 is 2.10 bits per heavy atom. The third kappa shape index (κ3) is 2.34. The van der Waals surface area contributed by atoms with Crippen molar-refractivity contribution < 1.29 is 9.18 Å². The number of fused-ring (bicyclic) bond motifs is 1. The number of amides is 1. The van der Waals surface area contributed by atoms with Gasteiger partial charge in [0.15, 0.2) is 0 Å². The molecule has 5 heteroatoms. The number of nitrogens with zero attached hydrogens (tertiary/aromatic N) is 1. The van der Waals surface area contributed by atoms with Crippen molar-refractivity contribution in [2.24, 2.45) is 0 Å². The van der Waals surface area contributed by atoms with E-state index in [4.69, 9.17) is 11.6 Å². The summed E-state index contributed by atoms with van der Waals surface area (Å²) in [7, 11) is 0. The van der Waals surface area contributed by atoms with Gasteiger partial charge >= 0.3 is 0 Å². The molecule has 0 N–H and O–H groups in total. The van der Waals surface area contributed by atoms with Crippen LogP contribution in [0.5, 0.6) is 0 Å². The molecule has 3 rings (SSSR count). The molecule has 1 aliphatic rings. The second-order valence-corrected chi connectivity index (χ2v) is 5.87. The SMILES string of the molecule is O=C1Cc2ccc(Cl)cc2N1Cc1cccc(F)c1Br. The van der Waals surface area contributed by atoms with Gasteiger partial charge in [-0.2, -0.15) is 0 Å². The van der Waals surface area contributed by atoms with E-state index in [1.807, 2.05) is 6.07 Å². The first-order valence-corrected chi connectivity index (χ1v) is 7.25. The molecule has 1 amide bonds. The fourth-order valence-electron chi connectivity index (χ4n) is 2.34. The smallest absolute Gasteiger partial charge is 0.231 e. The number of carbonyl (C=O) groups excluding carboxylic acids is 1. The summed E-state index contributed by atoms with van der Waals surface area (Å²) in [6, 6.07) is 10.2. The Kier molecular flexibility index (Phi) is 3.52. The lowest BCUT2D eigenvalue weighted by Gasteiger charge is -2.18. The molecule has 0 unspecified atom stereocenters. The van der Waals surface area contributed by atoms with Crippen LogP contribution in [-0.4, -0.2) is 5.91 Å². The van der Waals surface area contributed by atoms with E-state index in [0.29, 0.717) is 22.5 Å². The average Bonchev–Trinajstić information content (AvgIpc) is 2.71. The summed E-state index contributed by atoms with van der Waals surface area (Å²) in [5.41, 5.74) is 2.48. The minimum absolute atomic E-state index is 0.00146. The van der Waals surface area contributed by atoms with Gasteiger partial charge in [-0.3, -0.25) is 4.79 Å². The Morgan fingerprint density at radius 1 is 1.30 bits per heavy atom. The first kappa shape index (κ1) is 13.6. The number of hydrogen-bond acceptors (Lipinski definition) is 1. The van der Waals surface area contributed by atoms with Crippen molar-refractivity contribution in [1.29, 1.82) is 0 Å². The second-order valence-electron chi connectivity index (χ2n) is 4.64. The summed E-state index contributed by atoms with van der Waals surface area (Å²) in [5.74, 6) is -0.334. The van der Waals surface area contributed by atoms with Gasteiger partial charge in [-0.05, 0) is 45.3 Å². The molecule has 0 spiro atoms. The van der Waals surface area contributed by atoms with Crippen LogP contribution >= 0.6 is 27.5 Å². The minimum atomic E-state index is -0.333. The van der Waals surface area contributed by atoms with Crippen molar-refractivity contribution in [3.63, 3.8) is 0 Å². The normalized spacial score (nSPS) is 13.8. The van der Waals surface area contributed by atoms with Crippen LogP contribution in [0.2, 0.25) is 5.02 Å². The number of benzene rings is 2. The zero-order chi connectivity index (χ0) is 14.3. The van der Waals surface area contributed by atoms with Gasteiger partial charge in [0.2, 0.25) is 5.91 Å². The molecule has 0 radical (unpaired) electrons. The van der Waals surface area contributed by atoms with Gasteiger partial charge in [-0.25, -0.2) is 4.39 Å². The molecule has 0 aromatic heterocycles. The van der Waals surface area contributed by atoms with Crippen molar-refractivity contribution in [3.05, 3.63) is 62.8 Å². The Labute approximate surface area is 129 Å². The highest BCUT2D eigenvalue weighted by atomic mass is 79.9. The Morgan fingerprint density at radius 3 is 2.90 bits per heavy atom. The lowest BCUT2D eigenvalue weighted by Crippen LogP contribution is -2.26. The molecular formula is C15H10BrClFNO. The molecule has 0 saturated heterocycles. The van der Waals surface area contributed by atoms with Crippen LogP contribution in [0.15, 0.2) is 40.9 Å². The predicted octanol–water partition coefficient (Wildman–Crippen LogP) is 4.33. The highest BCUT2D eigenvalue weighted by molar-refractivity contribution is 9.10. The van der Waals surface area contributed by atoms with Gasteiger partial charge in [-0.15, -0.1) is 0 Å². The highest BCUT2D eigenvalue weighted by Gasteiger charge is 2.28. The number of carbonyl (C=O) groups is 1. The van der Waals surface area contributed by atoms with Gasteiger partial charge in [0.25, 0.3) is 0 Å². The van der Waals surface area contributed by atoms with Gasteiger partial charge in [0.05, 0.1) is 17.4 Å². The quantitative estimate of drug-likeness (QED) is 0.786. The third-order valence-corrected chi connectivity index (χ3v) is 4.46. The van der Waals surface area contributed by atoms with E-state index in [1.165, 1.54) is 6.07 Å². The summed E-state index contributed by atoms with van der Waals surface area (Å²) >= 11 is 9.21. The Balaban J connectivity index is 1.98. The maximum atomic E-state index is 13.5. The van der Waals surface area contributed by atoms with Gasteiger partial charge in [0, 0.05) is 10.7 Å². The fourth-order valence-corrected chi connectivity index (χ4v) is 2.90. The Bertz CT molecular complexity index is 704. The summed E-state index contributed by atoms with van der Waals surface area (Å²) in [4.78, 5) is 13.8. The summed E-state index contributed by atoms with van der Waals surface area (Å²) in [5, 5.41) is 0.585. The van der Waals surface area contributed by atoms with Crippen LogP contribution < -0.4 is 4.90 Å². The fraction of sp³-hybridized carbons (Fsp3) is 0.133. The van der Waals surface area contributed by atoms with Crippen molar-refractivity contribution in [3.8, 4) is 0 Å². The van der Waals surface area contributed by atoms with E-state index in [9.17, 15) is 9.18 Å². The number of rotatable bonds is 2. The lowest BCUT2D eigenvalue weighted by molar-refractivity contribution is -0.117. The first-order valence-electron chi connectivity index (χ1n) is 6.08. The molecule has 1 aliphatic heterocycles. The van der Waals surface area contributed by atoms with Crippen molar-refractivity contribution in [2.45, 2.75) is 13.0 Å². The Hall–Kier alpha value is -1.39. The van der Waals surface area contributed by atoms with Crippen LogP contribution in [0, 0.1) is 5.82 Å². The van der Waals surface area contributed by atoms with Crippen LogP contribution in [0.4, 0.5) is 10.1 Å². The second kappa shape index (κ2) is 5.19. The molecule has 2 aromatic carbocycles. The summed E-state index contributed by atoms with van der Waals surface area (Å²) in [6.07, 6.45) is 0.361. The van der Waals surface area contributed by atoms with E-state index in [-0.39, 0.29) is 11.7 Å². The highest BCUT2D eigenvalue weighted by Crippen LogP contribution is 2.34. The lowest BCUT2D eigenvalue weighted by atomic mass is 10.1. The molecule has 2 aromatic rings. The van der Waals surface area contributed by atoms with E-state index in [1.54, 1.807) is 29.2 Å². The van der Waals surface area contributed by atoms with Gasteiger partial charge in [-0.1, -0.05) is 29.8 Å². The zero-order valence-corrected chi connectivity index (χ0v) is 12.7. The van der Waals surface area contributed by atoms with Crippen LogP contribution in [0.25, 0.3) is 0 Å². The zero-order valence-electron chi connectivity index (χ0n) is 10.4. The summed E-state index contributed by atoms with van der Waals surface area (Å²) in [6.45, 7) is 0.324. The van der Waals surface area contributed by atoms with Gasteiger partial charge in [0.1, 0.15) is 5.82 Å². The molecule has 20 heavy (non-hydrogen) atoms. The van der Waals surface area contributed by atoms with Crippen LogP contribution in [0.3, 0.4) is 0 Å². The third-order valence-electron chi connectivity index (χ3n) is 3.34. The van der Waals surface area contributed by atoms with E-state index < -0.39 is 0 Å². The topological polar surface area (TPSA) is 20.3 Å².